The zero-order chi connectivity index (χ0) is 13.5. The van der Waals surface area contributed by atoms with E-state index in [1.807, 2.05) is 6.92 Å². The van der Waals surface area contributed by atoms with Crippen LogP contribution in [0.5, 0.6) is 0 Å². The molecule has 2 amide bonds. The Hall–Kier alpha value is -1.30. The van der Waals surface area contributed by atoms with Crippen molar-refractivity contribution >= 4 is 12.0 Å². The zero-order valence-electron chi connectivity index (χ0n) is 10.8. The Balaban J connectivity index is 2.36. The summed E-state index contributed by atoms with van der Waals surface area (Å²) in [5.74, 6) is -1.41. The minimum absolute atomic E-state index is 0.147. The van der Waals surface area contributed by atoms with Crippen LogP contribution in [0.3, 0.4) is 0 Å². The fourth-order valence-electron chi connectivity index (χ4n) is 2.12. The van der Waals surface area contributed by atoms with Gasteiger partial charge in [0.1, 0.15) is 0 Å². The van der Waals surface area contributed by atoms with E-state index in [4.69, 9.17) is 5.11 Å². The average Bonchev–Trinajstić information content (AvgIpc) is 2.33. The first-order valence-corrected chi connectivity index (χ1v) is 6.48. The number of urea groups is 1. The van der Waals surface area contributed by atoms with Gasteiger partial charge in [-0.25, -0.2) is 4.79 Å². The molecule has 0 saturated carbocycles. The van der Waals surface area contributed by atoms with Crippen molar-refractivity contribution < 1.29 is 19.8 Å². The summed E-state index contributed by atoms with van der Waals surface area (Å²) in [5, 5.41) is 21.1. The van der Waals surface area contributed by atoms with Crippen LogP contribution in [-0.2, 0) is 4.79 Å². The van der Waals surface area contributed by atoms with Gasteiger partial charge in [0.15, 0.2) is 0 Å². The number of carboxylic acid groups (broad SMARTS) is 1. The predicted molar refractivity (Wildman–Crippen MR) is 66.2 cm³/mol. The van der Waals surface area contributed by atoms with Crippen LogP contribution < -0.4 is 5.32 Å². The first-order valence-electron chi connectivity index (χ1n) is 6.48. The summed E-state index contributed by atoms with van der Waals surface area (Å²) in [7, 11) is 0. The van der Waals surface area contributed by atoms with Gasteiger partial charge in [0.2, 0.25) is 0 Å². The minimum atomic E-state index is -0.879. The number of aliphatic carboxylic acids is 1. The fourth-order valence-corrected chi connectivity index (χ4v) is 2.12. The Labute approximate surface area is 107 Å². The van der Waals surface area contributed by atoms with E-state index in [2.05, 4.69) is 5.32 Å². The van der Waals surface area contributed by atoms with E-state index in [1.54, 1.807) is 4.90 Å². The fraction of sp³-hybridized carbons (Fsp3) is 0.833. The highest BCUT2D eigenvalue weighted by Gasteiger charge is 2.23. The van der Waals surface area contributed by atoms with E-state index in [-0.39, 0.29) is 12.6 Å². The van der Waals surface area contributed by atoms with Crippen LogP contribution in [-0.4, -0.2) is 52.9 Å². The number of carbonyl (C=O) groups is 2. The normalized spacial score (nSPS) is 21.4. The SMILES string of the molecule is CCCC(CNC(=O)N1CCCC(O)C1)C(=O)O. The number of hydrogen-bond acceptors (Lipinski definition) is 3. The molecule has 3 N–H and O–H groups in total. The molecule has 0 bridgehead atoms. The topological polar surface area (TPSA) is 89.9 Å². The van der Waals surface area contributed by atoms with E-state index < -0.39 is 18.0 Å². The lowest BCUT2D eigenvalue weighted by atomic mass is 10.0. The summed E-state index contributed by atoms with van der Waals surface area (Å²) in [4.78, 5) is 24.3. The molecular formula is C12H22N2O4. The summed E-state index contributed by atoms with van der Waals surface area (Å²) in [6.07, 6.45) is 2.37. The molecular weight excluding hydrogens is 236 g/mol. The van der Waals surface area contributed by atoms with E-state index in [9.17, 15) is 14.7 Å². The Morgan fingerprint density at radius 2 is 2.22 bits per heavy atom. The molecule has 2 atom stereocenters. The number of carbonyl (C=O) groups excluding carboxylic acids is 1. The number of piperidine rings is 1. The van der Waals surface area contributed by atoms with Crippen LogP contribution in [0.4, 0.5) is 4.79 Å². The molecule has 1 aliphatic heterocycles. The molecule has 104 valence electrons. The quantitative estimate of drug-likeness (QED) is 0.675. The molecule has 1 fully saturated rings. The lowest BCUT2D eigenvalue weighted by Crippen LogP contribution is -2.48. The zero-order valence-corrected chi connectivity index (χ0v) is 10.8. The van der Waals surface area contributed by atoms with Crippen LogP contribution in [0.25, 0.3) is 0 Å². The third-order valence-electron chi connectivity index (χ3n) is 3.17. The monoisotopic (exact) mass is 258 g/mol. The first-order chi connectivity index (χ1) is 8.54. The smallest absolute Gasteiger partial charge is 0.317 e. The van der Waals surface area contributed by atoms with Crippen molar-refractivity contribution in [2.45, 2.75) is 38.7 Å². The number of hydrogen-bond donors (Lipinski definition) is 3. The Kier molecular flexibility index (Phi) is 5.91. The van der Waals surface area contributed by atoms with Crippen LogP contribution in [0.1, 0.15) is 32.6 Å². The Morgan fingerprint density at radius 1 is 1.50 bits per heavy atom. The number of nitrogens with zero attached hydrogens (tertiary/aromatic N) is 1. The van der Waals surface area contributed by atoms with E-state index >= 15 is 0 Å². The van der Waals surface area contributed by atoms with E-state index in [0.717, 1.165) is 19.3 Å². The minimum Gasteiger partial charge on any atom is -0.481 e. The molecule has 0 aromatic carbocycles. The van der Waals surface area contributed by atoms with Crippen molar-refractivity contribution in [2.24, 2.45) is 5.92 Å². The van der Waals surface area contributed by atoms with Gasteiger partial charge in [0.25, 0.3) is 0 Å². The van der Waals surface area contributed by atoms with Crippen molar-refractivity contribution in [3.8, 4) is 0 Å². The number of likely N-dealkylation sites (tertiary alicyclic amines) is 1. The largest absolute Gasteiger partial charge is 0.481 e. The number of amides is 2. The van der Waals surface area contributed by atoms with Gasteiger partial charge in [0, 0.05) is 19.6 Å². The van der Waals surface area contributed by atoms with Crippen molar-refractivity contribution in [2.75, 3.05) is 19.6 Å². The summed E-state index contributed by atoms with van der Waals surface area (Å²) < 4.78 is 0. The molecule has 2 unspecified atom stereocenters. The van der Waals surface area contributed by atoms with Crippen LogP contribution in [0.15, 0.2) is 0 Å². The van der Waals surface area contributed by atoms with Crippen LogP contribution in [0.2, 0.25) is 0 Å². The van der Waals surface area contributed by atoms with Gasteiger partial charge in [-0.3, -0.25) is 4.79 Å². The number of nitrogens with one attached hydrogen (secondary N) is 1. The second-order valence-electron chi connectivity index (χ2n) is 4.75. The van der Waals surface area contributed by atoms with Gasteiger partial charge in [0.05, 0.1) is 12.0 Å². The van der Waals surface area contributed by atoms with Gasteiger partial charge in [-0.1, -0.05) is 13.3 Å². The summed E-state index contributed by atoms with van der Waals surface area (Å²) >= 11 is 0. The number of rotatable bonds is 5. The molecule has 0 aliphatic carbocycles. The number of aliphatic hydroxyl groups is 1. The number of β-amino-alcohol motifs (C(OH)–C–C–N with tert-alkyl or cyclic N) is 1. The highest BCUT2D eigenvalue weighted by molar-refractivity contribution is 5.76. The molecule has 6 nitrogen and oxygen atoms in total. The Bertz CT molecular complexity index is 296. The molecule has 0 aromatic rings. The molecule has 0 radical (unpaired) electrons. The van der Waals surface area contributed by atoms with Gasteiger partial charge < -0.3 is 20.4 Å². The molecule has 18 heavy (non-hydrogen) atoms. The van der Waals surface area contributed by atoms with E-state index in [0.29, 0.717) is 19.5 Å². The molecule has 1 saturated heterocycles. The van der Waals surface area contributed by atoms with Crippen LogP contribution >= 0.6 is 0 Å². The van der Waals surface area contributed by atoms with Crippen molar-refractivity contribution in [3.63, 3.8) is 0 Å². The van der Waals surface area contributed by atoms with Crippen molar-refractivity contribution in [3.05, 3.63) is 0 Å². The van der Waals surface area contributed by atoms with Gasteiger partial charge in [-0.05, 0) is 19.3 Å². The van der Waals surface area contributed by atoms with Gasteiger partial charge in [-0.2, -0.15) is 0 Å². The summed E-state index contributed by atoms with van der Waals surface area (Å²) in [5.41, 5.74) is 0. The van der Waals surface area contributed by atoms with Crippen molar-refractivity contribution in [1.82, 2.24) is 10.2 Å². The number of aliphatic hydroxyl groups excluding tert-OH is 1. The second-order valence-corrected chi connectivity index (χ2v) is 4.75. The molecule has 1 heterocycles. The first kappa shape index (κ1) is 14.8. The molecule has 1 rings (SSSR count). The summed E-state index contributed by atoms with van der Waals surface area (Å²) in [6, 6.07) is -0.281. The van der Waals surface area contributed by atoms with Crippen LogP contribution in [0, 0.1) is 5.92 Å². The second kappa shape index (κ2) is 7.20. The molecule has 6 heteroatoms. The lowest BCUT2D eigenvalue weighted by molar-refractivity contribution is -0.141. The summed E-state index contributed by atoms with van der Waals surface area (Å²) in [6.45, 7) is 3.01. The third kappa shape index (κ3) is 4.52. The highest BCUT2D eigenvalue weighted by atomic mass is 16.4. The van der Waals surface area contributed by atoms with Gasteiger partial charge >= 0.3 is 12.0 Å². The highest BCUT2D eigenvalue weighted by Crippen LogP contribution is 2.10. The molecule has 0 spiro atoms. The maximum Gasteiger partial charge on any atom is 0.317 e. The lowest BCUT2D eigenvalue weighted by Gasteiger charge is -2.30. The van der Waals surface area contributed by atoms with Crippen molar-refractivity contribution in [1.29, 1.82) is 0 Å². The standard InChI is InChI=1S/C12H22N2O4/c1-2-4-9(11(16)17)7-13-12(18)14-6-3-5-10(15)8-14/h9-10,15H,2-8H2,1H3,(H,13,18)(H,16,17). The molecule has 0 aromatic heterocycles. The maximum atomic E-state index is 11.8. The predicted octanol–water partition coefficient (Wildman–Crippen LogP) is 0.654. The van der Waals surface area contributed by atoms with E-state index in [1.165, 1.54) is 0 Å². The maximum absolute atomic E-state index is 11.8. The Morgan fingerprint density at radius 3 is 2.78 bits per heavy atom. The third-order valence-corrected chi connectivity index (χ3v) is 3.17. The average molecular weight is 258 g/mol. The number of carboxylic acids is 1. The van der Waals surface area contributed by atoms with Gasteiger partial charge in [-0.15, -0.1) is 0 Å². The molecule has 1 aliphatic rings.